The molecule has 1 aliphatic rings. The molecular weight excluding hydrogens is 604 g/mol. The Labute approximate surface area is 253 Å². The van der Waals surface area contributed by atoms with Crippen LogP contribution in [0.2, 0.25) is 0 Å². The van der Waals surface area contributed by atoms with Gasteiger partial charge in [0.25, 0.3) is 5.91 Å². The fourth-order valence-corrected chi connectivity index (χ4v) is 5.86. The number of amides is 1. The van der Waals surface area contributed by atoms with Crippen LogP contribution in [0.3, 0.4) is 0 Å². The number of sulfone groups is 1. The number of nitrogens with zero attached hydrogens (tertiary/aromatic N) is 1. The number of hydrogen-bond donors (Lipinski definition) is 2. The second-order valence-electron chi connectivity index (χ2n) is 10.3. The molecule has 13 heteroatoms. The topological polar surface area (TPSA) is 105 Å². The summed E-state index contributed by atoms with van der Waals surface area (Å²) in [4.78, 5) is 15.1. The van der Waals surface area contributed by atoms with Gasteiger partial charge in [0.15, 0.2) is 9.84 Å². The third-order valence-corrected chi connectivity index (χ3v) is 9.11. The fraction of sp³-hybridized carbons (Fsp3) is 0.387. The van der Waals surface area contributed by atoms with Gasteiger partial charge in [-0.25, -0.2) is 12.8 Å². The predicted molar refractivity (Wildman–Crippen MR) is 156 cm³/mol. The van der Waals surface area contributed by atoms with E-state index in [0.29, 0.717) is 29.8 Å². The van der Waals surface area contributed by atoms with Crippen LogP contribution in [0.15, 0.2) is 77.7 Å². The zero-order chi connectivity index (χ0) is 31.9. The first-order valence-corrected chi connectivity index (χ1v) is 15.7. The van der Waals surface area contributed by atoms with E-state index in [9.17, 15) is 35.9 Å². The number of carbonyl (C=O) groups excluding carboxylic acids is 1. The minimum Gasteiger partial charge on any atom is -0.489 e. The monoisotopic (exact) mass is 638 g/mol. The van der Waals surface area contributed by atoms with Crippen molar-refractivity contribution in [2.24, 2.45) is 0 Å². The van der Waals surface area contributed by atoms with Crippen LogP contribution < -0.4 is 15.0 Å². The lowest BCUT2D eigenvalue weighted by Crippen LogP contribution is -2.34. The van der Waals surface area contributed by atoms with E-state index in [1.807, 2.05) is 4.90 Å². The lowest BCUT2D eigenvalue weighted by Gasteiger charge is -2.26. The van der Waals surface area contributed by atoms with Crippen molar-refractivity contribution in [1.82, 2.24) is 5.32 Å². The van der Waals surface area contributed by atoms with Crippen molar-refractivity contribution in [3.63, 3.8) is 0 Å². The van der Waals surface area contributed by atoms with Gasteiger partial charge in [-0.2, -0.15) is 13.2 Å². The summed E-state index contributed by atoms with van der Waals surface area (Å²) in [6.07, 6.45) is -4.35. The molecule has 0 unspecified atom stereocenters. The maximum Gasteiger partial charge on any atom is 0.416 e. The molecule has 238 valence electrons. The van der Waals surface area contributed by atoms with Crippen LogP contribution in [0.4, 0.5) is 23.2 Å². The van der Waals surface area contributed by atoms with Crippen LogP contribution in [-0.2, 0) is 20.8 Å². The summed E-state index contributed by atoms with van der Waals surface area (Å²) in [7, 11) is -3.38. The van der Waals surface area contributed by atoms with Crippen LogP contribution >= 0.6 is 0 Å². The van der Waals surface area contributed by atoms with Gasteiger partial charge in [0.1, 0.15) is 18.5 Å². The third-order valence-electron chi connectivity index (χ3n) is 7.36. The number of carbonyl (C=O) groups is 1. The molecule has 1 saturated heterocycles. The van der Waals surface area contributed by atoms with Crippen LogP contribution in [0, 0.1) is 0 Å². The van der Waals surface area contributed by atoms with Gasteiger partial charge in [-0.3, -0.25) is 4.79 Å². The molecule has 8 nitrogen and oxygen atoms in total. The van der Waals surface area contributed by atoms with E-state index in [2.05, 4.69) is 5.32 Å². The number of ether oxygens (including phenoxy) is 2. The lowest BCUT2D eigenvalue weighted by atomic mass is 10.1. The van der Waals surface area contributed by atoms with Gasteiger partial charge in [0.2, 0.25) is 0 Å². The van der Waals surface area contributed by atoms with Gasteiger partial charge in [0.05, 0.1) is 54.7 Å². The molecule has 0 spiro atoms. The van der Waals surface area contributed by atoms with Crippen molar-refractivity contribution in [2.75, 3.05) is 43.7 Å². The number of halogens is 4. The molecule has 0 aliphatic carbocycles. The van der Waals surface area contributed by atoms with Crippen molar-refractivity contribution in [1.29, 1.82) is 0 Å². The smallest absolute Gasteiger partial charge is 0.416 e. The Hall–Kier alpha value is -3.68. The Balaban J connectivity index is 1.43. The largest absolute Gasteiger partial charge is 0.489 e. The molecule has 3 atom stereocenters. The van der Waals surface area contributed by atoms with Crippen LogP contribution in [0.25, 0.3) is 0 Å². The Kier molecular flexibility index (Phi) is 10.9. The second kappa shape index (κ2) is 14.4. The second-order valence-corrected chi connectivity index (χ2v) is 12.6. The van der Waals surface area contributed by atoms with Gasteiger partial charge < -0.3 is 24.8 Å². The van der Waals surface area contributed by atoms with Gasteiger partial charge >= 0.3 is 6.18 Å². The average molecular weight is 639 g/mol. The fourth-order valence-electron chi connectivity index (χ4n) is 4.98. The van der Waals surface area contributed by atoms with Crippen molar-refractivity contribution < 1.29 is 45.4 Å². The van der Waals surface area contributed by atoms with Crippen molar-refractivity contribution in [2.45, 2.75) is 42.6 Å². The molecule has 1 aliphatic heterocycles. The van der Waals surface area contributed by atoms with E-state index in [1.165, 1.54) is 24.3 Å². The van der Waals surface area contributed by atoms with E-state index >= 15 is 0 Å². The summed E-state index contributed by atoms with van der Waals surface area (Å²) in [6, 6.07) is 16.2. The van der Waals surface area contributed by atoms with E-state index in [0.717, 1.165) is 17.8 Å². The Bertz CT molecular complexity index is 1480. The number of rotatable bonds is 13. The van der Waals surface area contributed by atoms with Crippen molar-refractivity contribution >= 4 is 21.4 Å². The summed E-state index contributed by atoms with van der Waals surface area (Å²) >= 11 is 0. The minimum absolute atomic E-state index is 0.0435. The average Bonchev–Trinajstić information content (AvgIpc) is 3.42. The number of aliphatic hydroxyl groups excluding tert-OH is 1. The number of nitrogens with one attached hydrogen (secondary N) is 1. The molecule has 0 aromatic heterocycles. The normalized spacial score (nSPS) is 17.8. The highest BCUT2D eigenvalue weighted by Crippen LogP contribution is 2.32. The van der Waals surface area contributed by atoms with Crippen LogP contribution in [0.5, 0.6) is 5.75 Å². The predicted octanol–water partition coefficient (Wildman–Crippen LogP) is 4.97. The van der Waals surface area contributed by atoms with Gasteiger partial charge in [-0.1, -0.05) is 19.1 Å². The quantitative estimate of drug-likeness (QED) is 0.201. The van der Waals surface area contributed by atoms with Gasteiger partial charge in [-0.05, 0) is 66.2 Å². The molecule has 44 heavy (non-hydrogen) atoms. The Morgan fingerprint density at radius 3 is 2.27 bits per heavy atom. The molecule has 2 N–H and O–H groups in total. The van der Waals surface area contributed by atoms with Gasteiger partial charge in [-0.15, -0.1) is 0 Å². The standard InChI is InChI=1S/C31H34F4N2O6S/c1-2-44(40,41)28-13-5-21(6-14-28)29(19-38)36-30(39)22-3-9-24(10-4-22)37-18-27(17-25(37)20-42-16-15-32)43-26-11-7-23(8-12-26)31(33,34)35/h3-14,25,27,29,38H,2,15-20H2,1H3,(H,36,39)/t25-,27+,29-/m0/s1. The highest BCUT2D eigenvalue weighted by molar-refractivity contribution is 7.91. The first-order valence-electron chi connectivity index (χ1n) is 14.0. The number of hydrogen-bond acceptors (Lipinski definition) is 7. The molecular formula is C31H34F4N2O6S. The third kappa shape index (κ3) is 8.27. The highest BCUT2D eigenvalue weighted by atomic mass is 32.2. The lowest BCUT2D eigenvalue weighted by molar-refractivity contribution is -0.137. The highest BCUT2D eigenvalue weighted by Gasteiger charge is 2.35. The summed E-state index contributed by atoms with van der Waals surface area (Å²) in [5.74, 6) is -0.202. The zero-order valence-corrected chi connectivity index (χ0v) is 24.8. The molecule has 3 aromatic carbocycles. The molecule has 1 heterocycles. The molecule has 1 amide bonds. The van der Waals surface area contributed by atoms with Crippen LogP contribution in [0.1, 0.15) is 40.9 Å². The molecule has 4 rings (SSSR count). The summed E-state index contributed by atoms with van der Waals surface area (Å²) in [5, 5.41) is 12.7. The molecule has 3 aromatic rings. The zero-order valence-electron chi connectivity index (χ0n) is 24.0. The first-order chi connectivity index (χ1) is 20.9. The summed E-state index contributed by atoms with van der Waals surface area (Å²) in [5.41, 5.74) is 0.824. The molecule has 0 saturated carbocycles. The number of aliphatic hydroxyl groups is 1. The Morgan fingerprint density at radius 2 is 1.70 bits per heavy atom. The minimum atomic E-state index is -4.45. The van der Waals surface area contributed by atoms with Crippen LogP contribution in [-0.4, -0.2) is 70.4 Å². The van der Waals surface area contributed by atoms with Crippen molar-refractivity contribution in [3.8, 4) is 5.75 Å². The Morgan fingerprint density at radius 1 is 1.05 bits per heavy atom. The number of anilines is 1. The first kappa shape index (κ1) is 33.2. The molecule has 1 fully saturated rings. The van der Waals surface area contributed by atoms with E-state index in [4.69, 9.17) is 9.47 Å². The maximum absolute atomic E-state index is 13.0. The van der Waals surface area contributed by atoms with E-state index in [-0.39, 0.29) is 36.0 Å². The number of benzene rings is 3. The van der Waals surface area contributed by atoms with Gasteiger partial charge in [0, 0.05) is 17.7 Å². The number of alkyl halides is 4. The summed E-state index contributed by atoms with van der Waals surface area (Å²) in [6.45, 7) is 1.02. The summed E-state index contributed by atoms with van der Waals surface area (Å²) < 4.78 is 87.0. The van der Waals surface area contributed by atoms with E-state index < -0.39 is 46.8 Å². The molecule has 0 bridgehead atoms. The maximum atomic E-state index is 13.0. The van der Waals surface area contributed by atoms with E-state index in [1.54, 1.807) is 43.3 Å². The molecule has 0 radical (unpaired) electrons. The van der Waals surface area contributed by atoms with Crippen molar-refractivity contribution in [3.05, 3.63) is 89.5 Å². The SMILES string of the molecule is CCS(=O)(=O)c1ccc([C@H](CO)NC(=O)c2ccc(N3C[C@H](Oc4ccc(C(F)(F)F)cc4)C[C@H]3COCCF)cc2)cc1.